The predicted molar refractivity (Wildman–Crippen MR) is 86.0 cm³/mol. The summed E-state index contributed by atoms with van der Waals surface area (Å²) in [6, 6.07) is 4.30. The van der Waals surface area contributed by atoms with E-state index in [1.165, 1.54) is 4.88 Å². The highest BCUT2D eigenvalue weighted by molar-refractivity contribution is 7.09. The lowest BCUT2D eigenvalue weighted by molar-refractivity contribution is -0.123. The van der Waals surface area contributed by atoms with E-state index in [2.05, 4.69) is 27.7 Å². The zero-order chi connectivity index (χ0) is 15.2. The fraction of sp³-hybridized carbons (Fsp3) is 0.667. The lowest BCUT2D eigenvalue weighted by Gasteiger charge is -2.28. The van der Waals surface area contributed by atoms with Crippen LogP contribution in [0.4, 0.5) is 0 Å². The van der Waals surface area contributed by atoms with Crippen molar-refractivity contribution in [3.8, 4) is 0 Å². The maximum Gasteiger partial charge on any atom is 0.222 e. The Labute approximate surface area is 126 Å². The van der Waals surface area contributed by atoms with Crippen molar-refractivity contribution < 1.29 is 4.79 Å². The number of nitrogens with zero attached hydrogens (tertiary/aromatic N) is 1. The molecule has 0 aromatic carbocycles. The number of rotatable bonds is 7. The molecule has 3 N–H and O–H groups in total. The van der Waals surface area contributed by atoms with E-state index >= 15 is 0 Å². The quantitative estimate of drug-likeness (QED) is 0.807. The van der Waals surface area contributed by atoms with Crippen LogP contribution in [0.15, 0.2) is 17.5 Å². The number of thiophene rings is 1. The largest absolute Gasteiger partial charge is 0.351 e. The van der Waals surface area contributed by atoms with Crippen molar-refractivity contribution in [3.63, 3.8) is 0 Å². The van der Waals surface area contributed by atoms with Crippen LogP contribution in [0.25, 0.3) is 0 Å². The van der Waals surface area contributed by atoms with E-state index in [4.69, 9.17) is 5.73 Å². The summed E-state index contributed by atoms with van der Waals surface area (Å²) in [7, 11) is 2.04. The fourth-order valence-electron chi connectivity index (χ4n) is 2.03. The third-order valence-electron chi connectivity index (χ3n) is 3.12. The summed E-state index contributed by atoms with van der Waals surface area (Å²) >= 11 is 1.77. The first-order valence-electron chi connectivity index (χ1n) is 7.05. The average Bonchev–Trinajstić information content (AvgIpc) is 2.83. The zero-order valence-electron chi connectivity index (χ0n) is 13.0. The van der Waals surface area contributed by atoms with Crippen LogP contribution < -0.4 is 11.1 Å². The maximum absolute atomic E-state index is 12.0. The summed E-state index contributed by atoms with van der Waals surface area (Å²) < 4.78 is 0. The molecule has 114 valence electrons. The Balaban J connectivity index is 2.42. The summed E-state index contributed by atoms with van der Waals surface area (Å²) in [4.78, 5) is 15.5. The van der Waals surface area contributed by atoms with Crippen molar-refractivity contribution in [3.05, 3.63) is 22.4 Å². The first kappa shape index (κ1) is 17.1. The normalized spacial score (nSPS) is 13.5. The summed E-state index contributed by atoms with van der Waals surface area (Å²) in [6.07, 6.45) is 1.46. The first-order valence-corrected chi connectivity index (χ1v) is 7.93. The number of nitrogens with two attached hydrogens (primary N) is 1. The van der Waals surface area contributed by atoms with Crippen LogP contribution in [-0.2, 0) is 11.2 Å². The molecule has 0 aliphatic rings. The van der Waals surface area contributed by atoms with Gasteiger partial charge in [-0.1, -0.05) is 6.07 Å². The van der Waals surface area contributed by atoms with Crippen molar-refractivity contribution in [1.29, 1.82) is 0 Å². The van der Waals surface area contributed by atoms with Crippen molar-refractivity contribution in [2.75, 3.05) is 20.1 Å². The number of likely N-dealkylation sites (N-methyl/N-ethyl adjacent to an activating group) is 1. The average molecular weight is 297 g/mol. The molecular weight excluding hydrogens is 270 g/mol. The third kappa shape index (κ3) is 6.50. The summed E-state index contributed by atoms with van der Waals surface area (Å²) in [6.45, 7) is 7.39. The second-order valence-corrected chi connectivity index (χ2v) is 7.23. The van der Waals surface area contributed by atoms with Crippen molar-refractivity contribution in [1.82, 2.24) is 10.2 Å². The van der Waals surface area contributed by atoms with E-state index in [0.29, 0.717) is 13.0 Å². The Hall–Kier alpha value is -0.910. The molecule has 20 heavy (non-hydrogen) atoms. The van der Waals surface area contributed by atoms with E-state index in [0.717, 1.165) is 13.0 Å². The standard InChI is InChI=1S/C15H27N3OS/c1-15(2,3)17-14(19)10-12(11-16)18(4)8-7-13-6-5-9-20-13/h5-6,9,12H,7-8,10-11,16H2,1-4H3,(H,17,19). The Morgan fingerprint density at radius 3 is 2.70 bits per heavy atom. The van der Waals surface area contributed by atoms with Gasteiger partial charge in [-0.05, 0) is 45.7 Å². The molecule has 1 amide bonds. The van der Waals surface area contributed by atoms with Gasteiger partial charge in [0.15, 0.2) is 0 Å². The van der Waals surface area contributed by atoms with Crippen LogP contribution in [0.3, 0.4) is 0 Å². The van der Waals surface area contributed by atoms with Crippen molar-refractivity contribution in [2.24, 2.45) is 5.73 Å². The van der Waals surface area contributed by atoms with Gasteiger partial charge in [-0.25, -0.2) is 0 Å². The summed E-state index contributed by atoms with van der Waals surface area (Å²) in [5.41, 5.74) is 5.63. The number of amides is 1. The van der Waals surface area contributed by atoms with E-state index in [1.807, 2.05) is 27.8 Å². The number of hydrogen-bond acceptors (Lipinski definition) is 4. The molecule has 0 aliphatic heterocycles. The molecule has 1 atom stereocenters. The molecule has 4 nitrogen and oxygen atoms in total. The van der Waals surface area contributed by atoms with Gasteiger partial charge in [-0.3, -0.25) is 4.79 Å². The lowest BCUT2D eigenvalue weighted by Crippen LogP contribution is -2.46. The molecule has 0 saturated heterocycles. The van der Waals surface area contributed by atoms with E-state index in [1.54, 1.807) is 11.3 Å². The lowest BCUT2D eigenvalue weighted by atomic mass is 10.1. The predicted octanol–water partition coefficient (Wildman–Crippen LogP) is 1.85. The van der Waals surface area contributed by atoms with Crippen molar-refractivity contribution in [2.45, 2.75) is 45.2 Å². The minimum absolute atomic E-state index is 0.0657. The molecule has 1 rings (SSSR count). The van der Waals surface area contributed by atoms with Crippen LogP contribution >= 0.6 is 11.3 Å². The van der Waals surface area contributed by atoms with Gasteiger partial charge < -0.3 is 16.0 Å². The van der Waals surface area contributed by atoms with Gasteiger partial charge in [0, 0.05) is 36.0 Å². The van der Waals surface area contributed by atoms with Gasteiger partial charge in [-0.2, -0.15) is 0 Å². The molecule has 0 spiro atoms. The number of nitrogens with one attached hydrogen (secondary N) is 1. The molecule has 1 aromatic heterocycles. The maximum atomic E-state index is 12.0. The monoisotopic (exact) mass is 297 g/mol. The smallest absolute Gasteiger partial charge is 0.222 e. The molecule has 0 radical (unpaired) electrons. The molecule has 0 bridgehead atoms. The van der Waals surface area contributed by atoms with Gasteiger partial charge in [0.05, 0.1) is 0 Å². The number of carbonyl (C=O) groups is 1. The van der Waals surface area contributed by atoms with Gasteiger partial charge in [0.2, 0.25) is 5.91 Å². The van der Waals surface area contributed by atoms with E-state index in [9.17, 15) is 4.79 Å². The first-order chi connectivity index (χ1) is 9.31. The highest BCUT2D eigenvalue weighted by Crippen LogP contribution is 2.11. The number of carbonyl (C=O) groups excluding carboxylic acids is 1. The Morgan fingerprint density at radius 2 is 2.20 bits per heavy atom. The SMILES string of the molecule is CN(CCc1cccs1)C(CN)CC(=O)NC(C)(C)C. The second-order valence-electron chi connectivity index (χ2n) is 6.20. The summed E-state index contributed by atoms with van der Waals surface area (Å²) in [5, 5.41) is 5.08. The molecule has 0 fully saturated rings. The van der Waals surface area contributed by atoms with Gasteiger partial charge in [-0.15, -0.1) is 11.3 Å². The molecular formula is C15H27N3OS. The van der Waals surface area contributed by atoms with Crippen molar-refractivity contribution >= 4 is 17.2 Å². The minimum Gasteiger partial charge on any atom is -0.351 e. The van der Waals surface area contributed by atoms with Gasteiger partial charge in [0.1, 0.15) is 0 Å². The summed E-state index contributed by atoms with van der Waals surface area (Å²) in [5.74, 6) is 0.0657. The Bertz CT molecular complexity index is 398. The third-order valence-corrected chi connectivity index (χ3v) is 4.06. The van der Waals surface area contributed by atoms with Crippen LogP contribution in [0.2, 0.25) is 0 Å². The van der Waals surface area contributed by atoms with Crippen LogP contribution in [0, 0.1) is 0 Å². The molecule has 0 aliphatic carbocycles. The van der Waals surface area contributed by atoms with Gasteiger partial charge in [0.25, 0.3) is 0 Å². The topological polar surface area (TPSA) is 58.4 Å². The molecule has 5 heteroatoms. The van der Waals surface area contributed by atoms with Gasteiger partial charge >= 0.3 is 0 Å². The highest BCUT2D eigenvalue weighted by atomic mass is 32.1. The number of hydrogen-bond donors (Lipinski definition) is 2. The minimum atomic E-state index is -0.189. The fourth-order valence-corrected chi connectivity index (χ4v) is 2.72. The highest BCUT2D eigenvalue weighted by Gasteiger charge is 2.20. The van der Waals surface area contributed by atoms with Crippen LogP contribution in [0.5, 0.6) is 0 Å². The Morgan fingerprint density at radius 1 is 1.50 bits per heavy atom. The molecule has 0 saturated carbocycles. The second kappa shape index (κ2) is 7.76. The van der Waals surface area contributed by atoms with Crippen LogP contribution in [-0.4, -0.2) is 42.5 Å². The Kier molecular flexibility index (Phi) is 6.65. The molecule has 1 unspecified atom stereocenters. The molecule has 1 heterocycles. The van der Waals surface area contributed by atoms with E-state index in [-0.39, 0.29) is 17.5 Å². The van der Waals surface area contributed by atoms with E-state index < -0.39 is 0 Å². The van der Waals surface area contributed by atoms with Crippen LogP contribution in [0.1, 0.15) is 32.1 Å². The molecule has 1 aromatic rings. The zero-order valence-corrected chi connectivity index (χ0v) is 13.8.